The van der Waals surface area contributed by atoms with Gasteiger partial charge in [-0.25, -0.2) is 0 Å². The molecule has 100 valence electrons. The van der Waals surface area contributed by atoms with Crippen molar-refractivity contribution in [2.24, 2.45) is 0 Å². The standard InChI is InChI=1S/C13H19ClN2O2/c1-10(7-14)9-16-11(17)8-15-12(18)13(16)5-3-2-4-6-13/h7H,2-6,8-9H2,1H3,(H,15,18). The molecule has 2 fully saturated rings. The van der Waals surface area contributed by atoms with E-state index in [2.05, 4.69) is 5.32 Å². The van der Waals surface area contributed by atoms with E-state index in [-0.39, 0.29) is 18.4 Å². The predicted octanol–water partition coefficient (Wildman–Crippen LogP) is 1.79. The molecule has 1 spiro atoms. The van der Waals surface area contributed by atoms with Crippen LogP contribution in [-0.2, 0) is 9.59 Å². The number of halogens is 1. The Hall–Kier alpha value is -1.03. The van der Waals surface area contributed by atoms with Gasteiger partial charge in [0.25, 0.3) is 0 Å². The number of carbonyl (C=O) groups excluding carboxylic acids is 2. The van der Waals surface area contributed by atoms with Crippen molar-refractivity contribution in [1.82, 2.24) is 10.2 Å². The Balaban J connectivity index is 2.29. The minimum Gasteiger partial charge on any atom is -0.345 e. The van der Waals surface area contributed by atoms with Gasteiger partial charge in [-0.05, 0) is 25.3 Å². The van der Waals surface area contributed by atoms with Gasteiger partial charge in [-0.1, -0.05) is 30.9 Å². The van der Waals surface area contributed by atoms with Crippen molar-refractivity contribution in [3.8, 4) is 0 Å². The molecule has 0 aromatic rings. The highest BCUT2D eigenvalue weighted by molar-refractivity contribution is 6.25. The molecular formula is C13H19ClN2O2. The Bertz CT molecular complexity index is 386. The van der Waals surface area contributed by atoms with E-state index in [0.717, 1.165) is 37.7 Å². The van der Waals surface area contributed by atoms with Crippen LogP contribution in [0.3, 0.4) is 0 Å². The van der Waals surface area contributed by atoms with E-state index in [4.69, 9.17) is 11.6 Å². The average molecular weight is 271 g/mol. The molecule has 1 aliphatic heterocycles. The summed E-state index contributed by atoms with van der Waals surface area (Å²) >= 11 is 5.68. The Morgan fingerprint density at radius 2 is 2.06 bits per heavy atom. The van der Waals surface area contributed by atoms with Gasteiger partial charge in [0.1, 0.15) is 5.54 Å². The smallest absolute Gasteiger partial charge is 0.246 e. The maximum Gasteiger partial charge on any atom is 0.246 e. The van der Waals surface area contributed by atoms with Crippen molar-refractivity contribution in [2.75, 3.05) is 13.1 Å². The van der Waals surface area contributed by atoms with Gasteiger partial charge in [0.05, 0.1) is 6.54 Å². The fourth-order valence-corrected chi connectivity index (χ4v) is 3.00. The van der Waals surface area contributed by atoms with Gasteiger partial charge in [-0.2, -0.15) is 0 Å². The molecule has 4 nitrogen and oxygen atoms in total. The van der Waals surface area contributed by atoms with E-state index in [0.29, 0.717) is 6.54 Å². The molecule has 0 unspecified atom stereocenters. The van der Waals surface area contributed by atoms with Crippen molar-refractivity contribution >= 4 is 23.4 Å². The zero-order valence-electron chi connectivity index (χ0n) is 10.7. The third-order valence-electron chi connectivity index (χ3n) is 3.92. The third kappa shape index (κ3) is 2.26. The number of piperazine rings is 1. The molecule has 0 bridgehead atoms. The van der Waals surface area contributed by atoms with Crippen LogP contribution in [0.15, 0.2) is 11.1 Å². The fourth-order valence-electron chi connectivity index (χ4n) is 2.93. The van der Waals surface area contributed by atoms with Crippen LogP contribution in [0.1, 0.15) is 39.0 Å². The molecule has 0 radical (unpaired) electrons. The van der Waals surface area contributed by atoms with Crippen LogP contribution >= 0.6 is 11.6 Å². The fraction of sp³-hybridized carbons (Fsp3) is 0.692. The highest BCUT2D eigenvalue weighted by Crippen LogP contribution is 2.36. The summed E-state index contributed by atoms with van der Waals surface area (Å²) in [4.78, 5) is 26.1. The Morgan fingerprint density at radius 1 is 1.39 bits per heavy atom. The molecular weight excluding hydrogens is 252 g/mol. The van der Waals surface area contributed by atoms with Crippen LogP contribution < -0.4 is 5.32 Å². The highest BCUT2D eigenvalue weighted by Gasteiger charge is 2.49. The molecule has 1 N–H and O–H groups in total. The largest absolute Gasteiger partial charge is 0.345 e. The van der Waals surface area contributed by atoms with Gasteiger partial charge < -0.3 is 10.2 Å². The quantitative estimate of drug-likeness (QED) is 0.832. The minimum atomic E-state index is -0.630. The van der Waals surface area contributed by atoms with Gasteiger partial charge in [0.2, 0.25) is 11.8 Å². The van der Waals surface area contributed by atoms with Crippen LogP contribution in [0, 0.1) is 0 Å². The summed E-state index contributed by atoms with van der Waals surface area (Å²) in [5.74, 6) is -0.00135. The Morgan fingerprint density at radius 3 is 2.67 bits per heavy atom. The molecule has 2 aliphatic rings. The Kier molecular flexibility index (Phi) is 3.95. The van der Waals surface area contributed by atoms with Crippen LogP contribution in [-0.4, -0.2) is 35.3 Å². The lowest BCUT2D eigenvalue weighted by Gasteiger charge is -2.48. The van der Waals surface area contributed by atoms with Gasteiger partial charge in [0, 0.05) is 12.1 Å². The maximum absolute atomic E-state index is 12.2. The van der Waals surface area contributed by atoms with Crippen molar-refractivity contribution in [3.05, 3.63) is 11.1 Å². The molecule has 1 saturated heterocycles. The van der Waals surface area contributed by atoms with E-state index >= 15 is 0 Å². The van der Waals surface area contributed by atoms with E-state index in [1.54, 1.807) is 4.90 Å². The van der Waals surface area contributed by atoms with Gasteiger partial charge in [-0.3, -0.25) is 9.59 Å². The number of nitrogens with zero attached hydrogens (tertiary/aromatic N) is 1. The van der Waals surface area contributed by atoms with E-state index < -0.39 is 5.54 Å². The van der Waals surface area contributed by atoms with E-state index in [1.165, 1.54) is 5.54 Å². The van der Waals surface area contributed by atoms with Gasteiger partial charge >= 0.3 is 0 Å². The van der Waals surface area contributed by atoms with Crippen LogP contribution in [0.2, 0.25) is 0 Å². The molecule has 2 amide bonds. The molecule has 1 heterocycles. The van der Waals surface area contributed by atoms with Crippen molar-refractivity contribution in [3.63, 3.8) is 0 Å². The summed E-state index contributed by atoms with van der Waals surface area (Å²) in [6.45, 7) is 2.44. The lowest BCUT2D eigenvalue weighted by Crippen LogP contribution is -2.68. The zero-order chi connectivity index (χ0) is 13.2. The predicted molar refractivity (Wildman–Crippen MR) is 70.1 cm³/mol. The molecule has 0 aromatic carbocycles. The average Bonchev–Trinajstić information content (AvgIpc) is 2.40. The second-order valence-corrected chi connectivity index (χ2v) is 5.43. The number of carbonyl (C=O) groups is 2. The molecule has 0 atom stereocenters. The first-order chi connectivity index (χ1) is 8.60. The number of hydrogen-bond acceptors (Lipinski definition) is 2. The van der Waals surface area contributed by atoms with Crippen LogP contribution in [0.25, 0.3) is 0 Å². The number of nitrogens with one attached hydrogen (secondary N) is 1. The summed E-state index contributed by atoms with van der Waals surface area (Å²) in [5, 5.41) is 2.73. The number of hydrogen-bond donors (Lipinski definition) is 1. The molecule has 5 heteroatoms. The molecule has 0 aromatic heterocycles. The summed E-state index contributed by atoms with van der Waals surface area (Å²) in [6.07, 6.45) is 4.67. The highest BCUT2D eigenvalue weighted by atomic mass is 35.5. The summed E-state index contributed by atoms with van der Waals surface area (Å²) in [6, 6.07) is 0. The lowest BCUT2D eigenvalue weighted by molar-refractivity contribution is -0.155. The van der Waals surface area contributed by atoms with Crippen molar-refractivity contribution in [1.29, 1.82) is 0 Å². The maximum atomic E-state index is 12.2. The van der Waals surface area contributed by atoms with Crippen LogP contribution in [0.5, 0.6) is 0 Å². The normalized spacial score (nSPS) is 24.3. The summed E-state index contributed by atoms with van der Waals surface area (Å²) in [7, 11) is 0. The van der Waals surface area contributed by atoms with E-state index in [9.17, 15) is 9.59 Å². The monoisotopic (exact) mass is 270 g/mol. The van der Waals surface area contributed by atoms with Gasteiger partial charge in [0.15, 0.2) is 0 Å². The molecule has 1 aliphatic carbocycles. The van der Waals surface area contributed by atoms with Crippen LogP contribution in [0.4, 0.5) is 0 Å². The first-order valence-corrected chi connectivity index (χ1v) is 6.88. The molecule has 1 saturated carbocycles. The second kappa shape index (κ2) is 5.31. The topological polar surface area (TPSA) is 49.4 Å². The number of rotatable bonds is 2. The first-order valence-electron chi connectivity index (χ1n) is 6.45. The van der Waals surface area contributed by atoms with E-state index in [1.807, 2.05) is 6.92 Å². The molecule has 2 rings (SSSR count). The van der Waals surface area contributed by atoms with Crippen molar-refractivity contribution in [2.45, 2.75) is 44.6 Å². The van der Waals surface area contributed by atoms with Crippen molar-refractivity contribution < 1.29 is 9.59 Å². The SMILES string of the molecule is CC(=CCl)CN1C(=O)CNC(=O)C12CCCCC2. The lowest BCUT2D eigenvalue weighted by atomic mass is 9.78. The molecule has 18 heavy (non-hydrogen) atoms. The second-order valence-electron chi connectivity index (χ2n) is 5.21. The third-order valence-corrected chi connectivity index (χ3v) is 4.29. The Labute approximate surface area is 112 Å². The van der Waals surface area contributed by atoms with Gasteiger partial charge in [-0.15, -0.1) is 0 Å². The number of amides is 2. The first kappa shape index (κ1) is 13.4. The summed E-state index contributed by atoms with van der Waals surface area (Å²) in [5.41, 5.74) is 1.76. The zero-order valence-corrected chi connectivity index (χ0v) is 11.4. The minimum absolute atomic E-state index is 0.00386. The summed E-state index contributed by atoms with van der Waals surface area (Å²) < 4.78 is 0.